The molecule has 0 unspecified atom stereocenters. The molecule has 3 rings (SSSR count). The van der Waals surface area contributed by atoms with Gasteiger partial charge >= 0.3 is 0 Å². The van der Waals surface area contributed by atoms with Gasteiger partial charge in [0.1, 0.15) is 12.5 Å². The van der Waals surface area contributed by atoms with Crippen molar-refractivity contribution < 1.29 is 19.0 Å². The number of likely N-dealkylation sites (tertiary alicyclic amines) is 1. The van der Waals surface area contributed by atoms with Gasteiger partial charge in [0.2, 0.25) is 11.7 Å². The summed E-state index contributed by atoms with van der Waals surface area (Å²) in [5, 5.41) is 0. The highest BCUT2D eigenvalue weighted by atomic mass is 35.5. The quantitative estimate of drug-likeness (QED) is 0.725. The molecule has 2 heterocycles. The molecule has 0 aromatic heterocycles. The van der Waals surface area contributed by atoms with Crippen molar-refractivity contribution in [3.05, 3.63) is 23.5 Å². The first-order valence-corrected chi connectivity index (χ1v) is 9.36. The number of ether oxygens (including phenoxy) is 3. The largest absolute Gasteiger partial charge is 0.493 e. The Labute approximate surface area is 169 Å². The molecule has 2 aliphatic rings. The normalized spacial score (nSPS) is 17.7. The van der Waals surface area contributed by atoms with Gasteiger partial charge in [-0.05, 0) is 30.5 Å². The summed E-state index contributed by atoms with van der Waals surface area (Å²) in [6, 6.07) is 3.74. The highest BCUT2D eigenvalue weighted by molar-refractivity contribution is 6.19. The second-order valence-corrected chi connectivity index (χ2v) is 7.04. The van der Waals surface area contributed by atoms with Crippen molar-refractivity contribution in [1.82, 2.24) is 9.32 Å². The van der Waals surface area contributed by atoms with E-state index in [1.54, 1.807) is 32.0 Å². The average Bonchev–Trinajstić information content (AvgIpc) is 2.72. The molecule has 0 saturated carbocycles. The van der Waals surface area contributed by atoms with E-state index in [0.717, 1.165) is 17.0 Å². The lowest BCUT2D eigenvalue weighted by atomic mass is 9.95. The van der Waals surface area contributed by atoms with E-state index in [1.165, 1.54) is 0 Å². The predicted octanol–water partition coefficient (Wildman–Crippen LogP) is 2.08. The lowest BCUT2D eigenvalue weighted by molar-refractivity contribution is -0.123. The Morgan fingerprint density at radius 2 is 1.75 bits per heavy atom. The first kappa shape index (κ1) is 20.1. The molecule has 1 aromatic carbocycles. The molecule has 1 fully saturated rings. The van der Waals surface area contributed by atoms with E-state index in [4.69, 9.17) is 31.7 Å². The van der Waals surface area contributed by atoms with Crippen molar-refractivity contribution in [1.29, 1.82) is 0 Å². The van der Waals surface area contributed by atoms with E-state index >= 15 is 0 Å². The molecule has 0 aliphatic carbocycles. The number of carbonyl (C=O) groups excluding carboxylic acids is 1. The molecule has 28 heavy (non-hydrogen) atoms. The van der Waals surface area contributed by atoms with Crippen molar-refractivity contribution in [3.8, 4) is 17.2 Å². The third-order valence-corrected chi connectivity index (χ3v) is 5.34. The van der Waals surface area contributed by atoms with Crippen molar-refractivity contribution >= 4 is 29.5 Å². The maximum absolute atomic E-state index is 11.5. The SMILES string of the molecule is COc1cc(C2=C(N3CCC(C(N)=O)CC3)N(Cl)CN=C2)cc(OC)c1OC. The third kappa shape index (κ3) is 3.82. The minimum absolute atomic E-state index is 0.0949. The van der Waals surface area contributed by atoms with Gasteiger partial charge in [-0.15, -0.1) is 0 Å². The fourth-order valence-electron chi connectivity index (χ4n) is 3.60. The number of aliphatic imine (C=N–C) groups is 1. The smallest absolute Gasteiger partial charge is 0.220 e. The maximum Gasteiger partial charge on any atom is 0.220 e. The summed E-state index contributed by atoms with van der Waals surface area (Å²) in [7, 11) is 4.72. The van der Waals surface area contributed by atoms with Gasteiger partial charge in [-0.2, -0.15) is 0 Å². The van der Waals surface area contributed by atoms with Gasteiger partial charge < -0.3 is 24.8 Å². The van der Waals surface area contributed by atoms with Crippen molar-refractivity contribution in [2.75, 3.05) is 41.1 Å². The zero-order valence-electron chi connectivity index (χ0n) is 16.3. The number of hydrogen-bond donors (Lipinski definition) is 1. The lowest BCUT2D eigenvalue weighted by Gasteiger charge is -2.38. The van der Waals surface area contributed by atoms with Crippen LogP contribution in [-0.2, 0) is 4.79 Å². The number of carbonyl (C=O) groups is 1. The van der Waals surface area contributed by atoms with Crippen molar-refractivity contribution in [3.63, 3.8) is 0 Å². The third-order valence-electron chi connectivity index (χ3n) is 5.07. The van der Waals surface area contributed by atoms with Crippen molar-refractivity contribution in [2.24, 2.45) is 16.6 Å². The predicted molar refractivity (Wildman–Crippen MR) is 108 cm³/mol. The van der Waals surface area contributed by atoms with Gasteiger partial charge in [0.15, 0.2) is 11.5 Å². The Morgan fingerprint density at radius 1 is 1.14 bits per heavy atom. The van der Waals surface area contributed by atoms with Crippen LogP contribution in [0.1, 0.15) is 18.4 Å². The van der Waals surface area contributed by atoms with E-state index in [2.05, 4.69) is 9.89 Å². The van der Waals surface area contributed by atoms with Crippen LogP contribution in [0, 0.1) is 5.92 Å². The number of methoxy groups -OCH3 is 3. The average molecular weight is 409 g/mol. The Morgan fingerprint density at radius 3 is 2.25 bits per heavy atom. The summed E-state index contributed by atoms with van der Waals surface area (Å²) in [6.07, 6.45) is 3.20. The summed E-state index contributed by atoms with van der Waals surface area (Å²) >= 11 is 6.51. The highest BCUT2D eigenvalue weighted by Gasteiger charge is 2.30. The van der Waals surface area contributed by atoms with Crippen LogP contribution in [0.25, 0.3) is 5.57 Å². The minimum atomic E-state index is -0.244. The summed E-state index contributed by atoms with van der Waals surface area (Å²) in [5.74, 6) is 2.13. The molecule has 2 aliphatic heterocycles. The van der Waals surface area contributed by atoms with Crippen LogP contribution in [0.3, 0.4) is 0 Å². The molecule has 1 amide bonds. The summed E-state index contributed by atoms with van der Waals surface area (Å²) in [4.78, 5) is 18.0. The number of nitrogens with two attached hydrogens (primary N) is 1. The molecule has 152 valence electrons. The molecule has 9 heteroatoms. The molecule has 8 nitrogen and oxygen atoms in total. The van der Waals surface area contributed by atoms with E-state index in [0.29, 0.717) is 49.8 Å². The van der Waals surface area contributed by atoms with E-state index in [9.17, 15) is 4.79 Å². The number of halogens is 1. The number of benzene rings is 1. The number of nitrogens with zero attached hydrogens (tertiary/aromatic N) is 3. The molecular weight excluding hydrogens is 384 g/mol. The number of piperidine rings is 1. The highest BCUT2D eigenvalue weighted by Crippen LogP contribution is 2.41. The van der Waals surface area contributed by atoms with Crippen LogP contribution < -0.4 is 19.9 Å². The van der Waals surface area contributed by atoms with Crippen LogP contribution in [0.15, 0.2) is 22.9 Å². The van der Waals surface area contributed by atoms with Gasteiger partial charge in [0, 0.05) is 42.6 Å². The fraction of sp³-hybridized carbons (Fsp3) is 0.474. The topological polar surface area (TPSA) is 89.6 Å². The summed E-state index contributed by atoms with van der Waals surface area (Å²) in [6.45, 7) is 1.72. The van der Waals surface area contributed by atoms with Gasteiger partial charge in [-0.1, -0.05) is 0 Å². The molecular formula is C19H25ClN4O4. The van der Waals surface area contributed by atoms with Crippen LogP contribution in [0.4, 0.5) is 0 Å². The Bertz CT molecular complexity index is 778. The van der Waals surface area contributed by atoms with Crippen LogP contribution in [-0.4, -0.2) is 62.5 Å². The van der Waals surface area contributed by atoms with Crippen LogP contribution in [0.5, 0.6) is 17.2 Å². The second-order valence-electron chi connectivity index (χ2n) is 6.63. The van der Waals surface area contributed by atoms with Gasteiger partial charge in [0.25, 0.3) is 0 Å². The molecule has 0 atom stereocenters. The zero-order valence-corrected chi connectivity index (χ0v) is 17.0. The van der Waals surface area contributed by atoms with E-state index < -0.39 is 0 Å². The molecule has 2 N–H and O–H groups in total. The number of hydrogen-bond acceptors (Lipinski definition) is 7. The number of rotatable bonds is 6. The standard InChI is InChI=1S/C19H25ClN4O4/c1-26-15-8-13(9-16(27-2)17(15)28-3)14-10-22-11-24(20)19(14)23-6-4-12(5-7-23)18(21)25/h8-10,12H,4-7,11H2,1-3H3,(H2,21,25). The lowest BCUT2D eigenvalue weighted by Crippen LogP contribution is -2.42. The van der Waals surface area contributed by atoms with Crippen LogP contribution in [0.2, 0.25) is 0 Å². The first-order valence-electron chi connectivity index (χ1n) is 9.02. The molecule has 0 radical (unpaired) electrons. The second kappa shape index (κ2) is 8.60. The molecule has 0 spiro atoms. The Hall–Kier alpha value is -2.61. The van der Waals surface area contributed by atoms with Crippen LogP contribution >= 0.6 is 11.8 Å². The molecule has 1 aromatic rings. The van der Waals surface area contributed by atoms with Crippen molar-refractivity contribution in [2.45, 2.75) is 12.8 Å². The monoisotopic (exact) mass is 408 g/mol. The molecule has 0 bridgehead atoms. The number of primary amides is 1. The van der Waals surface area contributed by atoms with Gasteiger partial charge in [0.05, 0.1) is 21.3 Å². The Balaban J connectivity index is 2.03. The number of allylic oxidation sites excluding steroid dienone is 1. The summed E-state index contributed by atoms with van der Waals surface area (Å²) in [5.41, 5.74) is 7.15. The molecule has 1 saturated heterocycles. The van der Waals surface area contributed by atoms with Gasteiger partial charge in [-0.3, -0.25) is 9.79 Å². The maximum atomic E-state index is 11.5. The first-order chi connectivity index (χ1) is 13.5. The minimum Gasteiger partial charge on any atom is -0.493 e. The number of amides is 1. The zero-order chi connectivity index (χ0) is 20.3. The van der Waals surface area contributed by atoms with E-state index in [1.807, 2.05) is 12.1 Å². The summed E-state index contributed by atoms with van der Waals surface area (Å²) < 4.78 is 17.9. The van der Waals surface area contributed by atoms with E-state index in [-0.39, 0.29) is 11.8 Å². The van der Waals surface area contributed by atoms with Gasteiger partial charge in [-0.25, -0.2) is 4.42 Å². The Kier molecular flexibility index (Phi) is 6.18. The fourth-order valence-corrected chi connectivity index (χ4v) is 3.86.